The molecule has 2 aromatic heterocycles. The second-order valence-electron chi connectivity index (χ2n) is 6.65. The molecular formula is C16H21N7O. The van der Waals surface area contributed by atoms with Crippen molar-refractivity contribution in [3.8, 4) is 0 Å². The van der Waals surface area contributed by atoms with E-state index in [0.29, 0.717) is 5.92 Å². The lowest BCUT2D eigenvalue weighted by atomic mass is 10.1. The summed E-state index contributed by atoms with van der Waals surface area (Å²) in [7, 11) is 0. The number of primary amides is 1. The van der Waals surface area contributed by atoms with Gasteiger partial charge in [0.2, 0.25) is 5.82 Å². The van der Waals surface area contributed by atoms with Crippen molar-refractivity contribution in [2.45, 2.75) is 44.6 Å². The highest BCUT2D eigenvalue weighted by Gasteiger charge is 2.29. The Bertz CT molecular complexity index is 768. The van der Waals surface area contributed by atoms with Crippen molar-refractivity contribution in [2.24, 2.45) is 5.73 Å². The van der Waals surface area contributed by atoms with E-state index in [4.69, 9.17) is 10.7 Å². The Morgan fingerprint density at radius 2 is 2.12 bits per heavy atom. The van der Waals surface area contributed by atoms with Crippen LogP contribution in [0.4, 0.5) is 5.82 Å². The van der Waals surface area contributed by atoms with Crippen molar-refractivity contribution >= 4 is 11.7 Å². The van der Waals surface area contributed by atoms with Crippen molar-refractivity contribution in [3.05, 3.63) is 29.7 Å². The Morgan fingerprint density at radius 1 is 1.29 bits per heavy atom. The van der Waals surface area contributed by atoms with Crippen molar-refractivity contribution < 1.29 is 4.79 Å². The monoisotopic (exact) mass is 327 g/mol. The number of aromatic nitrogens is 5. The lowest BCUT2D eigenvalue weighted by Crippen LogP contribution is -2.37. The molecule has 24 heavy (non-hydrogen) atoms. The first-order valence-electron chi connectivity index (χ1n) is 8.41. The number of piperidine rings is 1. The lowest BCUT2D eigenvalue weighted by Gasteiger charge is -2.33. The first-order valence-corrected chi connectivity index (χ1v) is 8.41. The fourth-order valence-electron chi connectivity index (χ4n) is 3.20. The Balaban J connectivity index is 1.55. The molecule has 2 N–H and O–H groups in total. The normalized spacial score (nSPS) is 21.0. The molecule has 0 radical (unpaired) electrons. The third-order valence-corrected chi connectivity index (χ3v) is 4.62. The minimum absolute atomic E-state index is 0.0704. The third-order valence-electron chi connectivity index (χ3n) is 4.62. The number of nitrogens with two attached hydrogens (primary N) is 1. The number of carbonyl (C=O) groups is 1. The number of nitrogens with zero attached hydrogens (tertiary/aromatic N) is 6. The summed E-state index contributed by atoms with van der Waals surface area (Å²) in [5.74, 6) is 1.98. The van der Waals surface area contributed by atoms with Crippen LogP contribution < -0.4 is 10.6 Å². The van der Waals surface area contributed by atoms with E-state index in [1.807, 2.05) is 13.0 Å². The van der Waals surface area contributed by atoms with Crippen LogP contribution in [-0.4, -0.2) is 43.7 Å². The molecule has 2 aromatic rings. The Labute approximate surface area is 140 Å². The van der Waals surface area contributed by atoms with E-state index >= 15 is 0 Å². The Morgan fingerprint density at radius 3 is 2.83 bits per heavy atom. The first-order chi connectivity index (χ1) is 11.6. The van der Waals surface area contributed by atoms with Crippen molar-refractivity contribution in [1.29, 1.82) is 0 Å². The van der Waals surface area contributed by atoms with Gasteiger partial charge in [-0.1, -0.05) is 0 Å². The van der Waals surface area contributed by atoms with Crippen molar-refractivity contribution in [1.82, 2.24) is 24.7 Å². The van der Waals surface area contributed by atoms with Crippen LogP contribution in [0.3, 0.4) is 0 Å². The van der Waals surface area contributed by atoms with Gasteiger partial charge < -0.3 is 10.6 Å². The number of rotatable bonds is 4. The minimum Gasteiger partial charge on any atom is -0.363 e. The molecule has 1 amide bonds. The van der Waals surface area contributed by atoms with Gasteiger partial charge in [0.05, 0.1) is 6.04 Å². The average molecular weight is 327 g/mol. The number of anilines is 1. The molecule has 126 valence electrons. The standard InChI is InChI=1S/C16H21N7O/c1-10-7-13(20-15(19-10)11-4-5-11)22-6-2-3-12(8-22)23-9-18-16(21-23)14(17)24/h7,9,11-12H,2-6,8H2,1H3,(H2,17,24)/t12-/m0/s1. The second kappa shape index (κ2) is 5.85. The summed E-state index contributed by atoms with van der Waals surface area (Å²) in [6.07, 6.45) is 6.02. The van der Waals surface area contributed by atoms with Gasteiger partial charge in [-0.3, -0.25) is 4.79 Å². The van der Waals surface area contributed by atoms with Gasteiger partial charge in [-0.15, -0.1) is 5.10 Å². The maximum atomic E-state index is 11.2. The zero-order valence-corrected chi connectivity index (χ0v) is 13.7. The van der Waals surface area contributed by atoms with Crippen LogP contribution in [0.2, 0.25) is 0 Å². The summed E-state index contributed by atoms with van der Waals surface area (Å²) in [6, 6.07) is 2.21. The van der Waals surface area contributed by atoms with E-state index in [9.17, 15) is 4.79 Å². The molecule has 1 saturated carbocycles. The Kier molecular flexibility index (Phi) is 3.66. The predicted molar refractivity (Wildman–Crippen MR) is 87.8 cm³/mol. The molecule has 4 rings (SSSR count). The van der Waals surface area contributed by atoms with Crippen LogP contribution >= 0.6 is 0 Å². The quantitative estimate of drug-likeness (QED) is 0.905. The summed E-state index contributed by atoms with van der Waals surface area (Å²) in [6.45, 7) is 3.78. The molecule has 3 heterocycles. The molecular weight excluding hydrogens is 306 g/mol. The van der Waals surface area contributed by atoms with Gasteiger partial charge >= 0.3 is 0 Å². The summed E-state index contributed by atoms with van der Waals surface area (Å²) < 4.78 is 1.75. The van der Waals surface area contributed by atoms with Crippen LogP contribution in [0.5, 0.6) is 0 Å². The van der Waals surface area contributed by atoms with Gasteiger partial charge in [0.1, 0.15) is 18.0 Å². The molecule has 8 heteroatoms. The molecule has 0 bridgehead atoms. The van der Waals surface area contributed by atoms with E-state index in [0.717, 1.165) is 43.3 Å². The number of carbonyl (C=O) groups excluding carboxylic acids is 1. The SMILES string of the molecule is Cc1cc(N2CCC[C@H](n3cnc(C(N)=O)n3)C2)nc(C2CC2)n1. The highest BCUT2D eigenvalue weighted by atomic mass is 16.1. The molecule has 2 fully saturated rings. The average Bonchev–Trinajstić information content (AvgIpc) is 3.31. The molecule has 1 atom stereocenters. The van der Waals surface area contributed by atoms with E-state index in [1.54, 1.807) is 11.0 Å². The maximum Gasteiger partial charge on any atom is 0.288 e. The molecule has 1 aliphatic carbocycles. The molecule has 0 unspecified atom stereocenters. The van der Waals surface area contributed by atoms with Crippen LogP contribution in [0.1, 0.15) is 59.8 Å². The number of aryl methyl sites for hydroxylation is 1. The zero-order valence-electron chi connectivity index (χ0n) is 13.7. The van der Waals surface area contributed by atoms with Gasteiger partial charge in [-0.25, -0.2) is 19.6 Å². The van der Waals surface area contributed by atoms with E-state index in [2.05, 4.69) is 20.0 Å². The van der Waals surface area contributed by atoms with Crippen LogP contribution in [-0.2, 0) is 0 Å². The van der Waals surface area contributed by atoms with Crippen LogP contribution in [0.25, 0.3) is 0 Å². The highest BCUT2D eigenvalue weighted by molar-refractivity contribution is 5.88. The summed E-state index contributed by atoms with van der Waals surface area (Å²) in [5, 5.41) is 4.21. The maximum absolute atomic E-state index is 11.2. The first kappa shape index (κ1) is 15.0. The fraction of sp³-hybridized carbons (Fsp3) is 0.562. The van der Waals surface area contributed by atoms with Crippen LogP contribution in [0, 0.1) is 6.92 Å². The van der Waals surface area contributed by atoms with E-state index in [1.165, 1.54) is 12.8 Å². The van der Waals surface area contributed by atoms with Gasteiger partial charge in [0.25, 0.3) is 5.91 Å². The predicted octanol–water partition coefficient (Wildman–Crippen LogP) is 1.19. The summed E-state index contributed by atoms with van der Waals surface area (Å²) in [5.41, 5.74) is 6.25. The molecule has 1 aliphatic heterocycles. The summed E-state index contributed by atoms with van der Waals surface area (Å²) >= 11 is 0. The molecule has 1 saturated heterocycles. The lowest BCUT2D eigenvalue weighted by molar-refractivity contribution is 0.0990. The van der Waals surface area contributed by atoms with Crippen LogP contribution in [0.15, 0.2) is 12.4 Å². The van der Waals surface area contributed by atoms with Crippen molar-refractivity contribution in [3.63, 3.8) is 0 Å². The molecule has 0 aromatic carbocycles. The van der Waals surface area contributed by atoms with Gasteiger partial charge in [-0.2, -0.15) is 0 Å². The minimum atomic E-state index is -0.595. The van der Waals surface area contributed by atoms with E-state index in [-0.39, 0.29) is 11.9 Å². The van der Waals surface area contributed by atoms with Crippen molar-refractivity contribution in [2.75, 3.05) is 18.0 Å². The van der Waals surface area contributed by atoms with Gasteiger partial charge in [-0.05, 0) is 32.6 Å². The fourth-order valence-corrected chi connectivity index (χ4v) is 3.20. The van der Waals surface area contributed by atoms with Gasteiger partial charge in [0, 0.05) is 30.8 Å². The molecule has 0 spiro atoms. The zero-order chi connectivity index (χ0) is 16.7. The molecule has 8 nitrogen and oxygen atoms in total. The summed E-state index contributed by atoms with van der Waals surface area (Å²) in [4.78, 5) is 26.8. The van der Waals surface area contributed by atoms with Gasteiger partial charge in [0.15, 0.2) is 0 Å². The number of hydrogen-bond acceptors (Lipinski definition) is 6. The molecule has 2 aliphatic rings. The third kappa shape index (κ3) is 2.95. The van der Waals surface area contributed by atoms with E-state index < -0.39 is 5.91 Å². The second-order valence-corrected chi connectivity index (χ2v) is 6.65. The Hall–Kier alpha value is -2.51. The largest absolute Gasteiger partial charge is 0.363 e. The topological polar surface area (TPSA) is 103 Å². The smallest absolute Gasteiger partial charge is 0.288 e. The number of hydrogen-bond donors (Lipinski definition) is 1. The number of amides is 1. The highest BCUT2D eigenvalue weighted by Crippen LogP contribution is 2.39.